The Hall–Kier alpha value is -0.940. The Labute approximate surface area is 55.7 Å². The second-order valence-electron chi connectivity index (χ2n) is 1.61. The molecule has 0 aromatic carbocycles. The summed E-state index contributed by atoms with van der Waals surface area (Å²) in [7, 11) is 0. The molecule has 0 atom stereocenters. The van der Waals surface area contributed by atoms with Crippen LogP contribution in [0.4, 0.5) is 5.82 Å². The molecular weight excluding hydrogens is 138 g/mol. The van der Waals surface area contributed by atoms with Crippen molar-refractivity contribution in [3.05, 3.63) is 21.2 Å². The highest BCUT2D eigenvalue weighted by Crippen LogP contribution is 1.81. The summed E-state index contributed by atoms with van der Waals surface area (Å²) in [5.74, 6) is 0.531. The monoisotopic (exact) mass is 144 g/mol. The first-order chi connectivity index (χ1) is 4.18. The van der Waals surface area contributed by atoms with Crippen LogP contribution in [0.3, 0.4) is 0 Å². The predicted molar refractivity (Wildman–Crippen MR) is 34.8 cm³/mol. The first-order valence-corrected chi connectivity index (χ1v) is 2.75. The molecule has 0 spiro atoms. The third-order valence-electron chi connectivity index (χ3n) is 0.816. The van der Waals surface area contributed by atoms with Gasteiger partial charge in [0.2, 0.25) is 5.82 Å². The number of aromatic nitrogens is 2. The molecule has 5 heteroatoms. The minimum atomic E-state index is -0.219. The second-order valence-corrected chi connectivity index (χ2v) is 2.02. The summed E-state index contributed by atoms with van der Waals surface area (Å²) in [5, 5.41) is 0. The summed E-state index contributed by atoms with van der Waals surface area (Å²) in [5.41, 5.74) is 3.28. The summed E-state index contributed by atoms with van der Waals surface area (Å²) >= 11 is 4.64. The van der Waals surface area contributed by atoms with E-state index in [1.54, 1.807) is 0 Å². The highest BCUT2D eigenvalue weighted by atomic mass is 32.1. The van der Waals surface area contributed by atoms with E-state index in [4.69, 9.17) is 0 Å². The van der Waals surface area contributed by atoms with E-state index in [1.165, 1.54) is 6.07 Å². The van der Waals surface area contributed by atoms with Crippen molar-refractivity contribution in [3.63, 3.8) is 0 Å². The van der Waals surface area contributed by atoms with E-state index >= 15 is 0 Å². The highest BCUT2D eigenvalue weighted by molar-refractivity contribution is 7.71. The van der Waals surface area contributed by atoms with Gasteiger partial charge in [0.05, 0.1) is 6.07 Å². The van der Waals surface area contributed by atoms with E-state index in [2.05, 4.69) is 27.9 Å². The van der Waals surface area contributed by atoms with Gasteiger partial charge in [0.25, 0.3) is 5.56 Å². The maximum atomic E-state index is 10.5. The fraction of sp³-hybridized carbons (Fsp3) is 0. The Morgan fingerprint density at radius 2 is 2.22 bits per heavy atom. The minimum Gasteiger partial charge on any atom is -0.310 e. The zero-order chi connectivity index (χ0) is 6.85. The topological polar surface area (TPSA) is 76.3 Å². The third-order valence-corrected chi connectivity index (χ3v) is 1.02. The molecule has 0 saturated heterocycles. The Kier molecular flexibility index (Phi) is 1.46. The van der Waals surface area contributed by atoms with Crippen LogP contribution in [0.25, 0.3) is 0 Å². The van der Waals surface area contributed by atoms with Gasteiger partial charge >= 0.3 is 0 Å². The smallest absolute Gasteiger partial charge is 0.257 e. The van der Waals surface area contributed by atoms with Gasteiger partial charge in [-0.25, -0.2) is 0 Å². The maximum absolute atomic E-state index is 10.5. The van der Waals surface area contributed by atoms with Gasteiger partial charge in [-0.1, -0.05) is 0 Å². The molecule has 0 radical (unpaired) electrons. The van der Waals surface area contributed by atoms with Crippen LogP contribution < -0.4 is 11.3 Å². The van der Waals surface area contributed by atoms with Crippen LogP contribution in [-0.4, -0.2) is 9.97 Å². The number of aromatic amines is 2. The molecule has 5 N–H and O–H groups in total. The van der Waals surface area contributed by atoms with Gasteiger partial charge in [0.1, 0.15) is 0 Å². The van der Waals surface area contributed by atoms with Crippen LogP contribution in [0.2, 0.25) is 0 Å². The Morgan fingerprint density at radius 3 is 2.67 bits per heavy atom. The van der Waals surface area contributed by atoms with Crippen LogP contribution in [0.5, 0.6) is 0 Å². The molecule has 1 rings (SSSR count). The van der Waals surface area contributed by atoms with E-state index in [-0.39, 0.29) is 5.56 Å². The standard InChI is InChI=1S/C4H5N3OS/c5-2-1-3(8)7-4(9)6-2/h1H,(H4,5,6,7,8,9)/p+1. The molecule has 0 amide bonds. The van der Waals surface area contributed by atoms with Crippen molar-refractivity contribution in [3.8, 4) is 0 Å². The van der Waals surface area contributed by atoms with Crippen LogP contribution >= 0.6 is 12.2 Å². The van der Waals surface area contributed by atoms with Gasteiger partial charge in [-0.05, 0) is 12.2 Å². The molecule has 1 aromatic heterocycles. The van der Waals surface area contributed by atoms with Gasteiger partial charge in [-0.2, -0.15) is 0 Å². The zero-order valence-electron chi connectivity index (χ0n) is 4.60. The van der Waals surface area contributed by atoms with Crippen LogP contribution in [0.15, 0.2) is 10.9 Å². The SMILES string of the molecule is [NH3+]c1cc(=O)[nH]c(=S)[nH]1. The first kappa shape index (κ1) is 6.18. The lowest BCUT2D eigenvalue weighted by atomic mass is 10.6. The number of nitrogens with one attached hydrogen (secondary N) is 2. The van der Waals surface area contributed by atoms with Crippen molar-refractivity contribution < 1.29 is 5.73 Å². The summed E-state index contributed by atoms with van der Waals surface area (Å²) in [4.78, 5) is 15.6. The number of quaternary nitrogens is 1. The lowest BCUT2D eigenvalue weighted by Gasteiger charge is -1.84. The Balaban J connectivity index is 3.52. The number of hydrogen-bond donors (Lipinski definition) is 3. The summed E-state index contributed by atoms with van der Waals surface area (Å²) in [6.45, 7) is 0. The molecule has 1 aromatic rings. The minimum absolute atomic E-state index is 0.219. The van der Waals surface area contributed by atoms with Crippen molar-refractivity contribution in [2.45, 2.75) is 0 Å². The van der Waals surface area contributed by atoms with Crippen LogP contribution in [-0.2, 0) is 0 Å². The lowest BCUT2D eigenvalue weighted by molar-refractivity contribution is -0.261. The quantitative estimate of drug-likeness (QED) is 0.421. The van der Waals surface area contributed by atoms with E-state index in [1.807, 2.05) is 0 Å². The van der Waals surface area contributed by atoms with E-state index in [0.717, 1.165) is 0 Å². The fourth-order valence-electron chi connectivity index (χ4n) is 0.519. The van der Waals surface area contributed by atoms with Gasteiger partial charge in [0.15, 0.2) is 4.77 Å². The first-order valence-electron chi connectivity index (χ1n) is 2.34. The summed E-state index contributed by atoms with van der Waals surface area (Å²) < 4.78 is 0.313. The van der Waals surface area contributed by atoms with E-state index < -0.39 is 0 Å². The third kappa shape index (κ3) is 1.48. The number of rotatable bonds is 0. The molecule has 4 nitrogen and oxygen atoms in total. The van der Waals surface area contributed by atoms with Crippen LogP contribution in [0.1, 0.15) is 0 Å². The summed E-state index contributed by atoms with van der Waals surface area (Å²) in [6, 6.07) is 1.34. The van der Waals surface area contributed by atoms with Crippen LogP contribution in [0, 0.1) is 4.77 Å². The van der Waals surface area contributed by atoms with Crippen molar-refractivity contribution in [1.82, 2.24) is 9.97 Å². The zero-order valence-corrected chi connectivity index (χ0v) is 5.42. The molecule has 0 aliphatic heterocycles. The van der Waals surface area contributed by atoms with Crippen molar-refractivity contribution >= 4 is 18.0 Å². The average molecular weight is 144 g/mol. The maximum Gasteiger partial charge on any atom is 0.257 e. The van der Waals surface area contributed by atoms with Crippen molar-refractivity contribution in [1.29, 1.82) is 0 Å². The largest absolute Gasteiger partial charge is 0.310 e. The van der Waals surface area contributed by atoms with Gasteiger partial charge < -0.3 is 5.73 Å². The normalized spacial score (nSPS) is 9.44. The molecule has 48 valence electrons. The average Bonchev–Trinajstić information content (AvgIpc) is 1.59. The molecule has 0 saturated carbocycles. The molecule has 9 heavy (non-hydrogen) atoms. The number of hydrogen-bond acceptors (Lipinski definition) is 2. The molecule has 0 aliphatic rings. The lowest BCUT2D eigenvalue weighted by Crippen LogP contribution is -2.42. The molecule has 0 unspecified atom stereocenters. The molecule has 0 bridgehead atoms. The van der Waals surface area contributed by atoms with E-state index in [0.29, 0.717) is 10.6 Å². The fourth-order valence-corrected chi connectivity index (χ4v) is 0.751. The van der Waals surface area contributed by atoms with Gasteiger partial charge in [0, 0.05) is 0 Å². The predicted octanol–water partition coefficient (Wildman–Crippen LogP) is -0.694. The highest BCUT2D eigenvalue weighted by Gasteiger charge is 1.88. The molecule has 0 fully saturated rings. The Bertz CT molecular complexity index is 284. The van der Waals surface area contributed by atoms with E-state index in [9.17, 15) is 4.79 Å². The second kappa shape index (κ2) is 2.12. The van der Waals surface area contributed by atoms with Gasteiger partial charge in [-0.3, -0.25) is 14.8 Å². The molecule has 0 aliphatic carbocycles. The van der Waals surface area contributed by atoms with Crippen molar-refractivity contribution in [2.75, 3.05) is 0 Å². The summed E-state index contributed by atoms with van der Waals surface area (Å²) in [6.07, 6.45) is 0. The Morgan fingerprint density at radius 1 is 1.56 bits per heavy atom. The number of H-pyrrole nitrogens is 2. The van der Waals surface area contributed by atoms with Crippen molar-refractivity contribution in [2.24, 2.45) is 0 Å². The van der Waals surface area contributed by atoms with Gasteiger partial charge in [-0.15, -0.1) is 0 Å². The molecule has 1 heterocycles. The molecular formula is C4H6N3OS+.